The number of nitriles is 2. The van der Waals surface area contributed by atoms with E-state index in [4.69, 9.17) is 15.6 Å². The lowest BCUT2D eigenvalue weighted by Gasteiger charge is -2.18. The van der Waals surface area contributed by atoms with Crippen molar-refractivity contribution in [3.8, 4) is 12.1 Å². The van der Waals surface area contributed by atoms with Gasteiger partial charge in [0.25, 0.3) is 0 Å². The third-order valence-electron chi connectivity index (χ3n) is 2.37. The summed E-state index contributed by atoms with van der Waals surface area (Å²) in [6.07, 6.45) is 1.37. The van der Waals surface area contributed by atoms with Crippen molar-refractivity contribution < 1.29 is 5.11 Å². The van der Waals surface area contributed by atoms with Crippen LogP contribution in [-0.2, 0) is 0 Å². The predicted octanol–water partition coefficient (Wildman–Crippen LogP) is 1.46. The van der Waals surface area contributed by atoms with Crippen LogP contribution in [0.15, 0.2) is 36.0 Å². The second-order valence-corrected chi connectivity index (χ2v) is 3.62. The SMILES string of the molecule is CN(CCO)c1ccc(NC=C(C#N)C#N)cc1. The van der Waals surface area contributed by atoms with E-state index in [1.165, 1.54) is 6.20 Å². The number of rotatable bonds is 5. The molecule has 0 spiro atoms. The maximum atomic E-state index is 8.83. The van der Waals surface area contributed by atoms with Crippen LogP contribution in [0.2, 0.25) is 0 Å². The number of benzene rings is 1. The molecule has 0 amide bonds. The van der Waals surface area contributed by atoms with Crippen molar-refractivity contribution in [3.63, 3.8) is 0 Å². The first-order valence-electron chi connectivity index (χ1n) is 5.40. The molecule has 0 unspecified atom stereocenters. The van der Waals surface area contributed by atoms with Gasteiger partial charge in [-0.2, -0.15) is 10.5 Å². The Morgan fingerprint density at radius 3 is 2.44 bits per heavy atom. The summed E-state index contributed by atoms with van der Waals surface area (Å²) in [7, 11) is 1.89. The van der Waals surface area contributed by atoms with Crippen molar-refractivity contribution in [2.45, 2.75) is 0 Å². The monoisotopic (exact) mass is 242 g/mol. The molecule has 92 valence electrons. The molecule has 0 fully saturated rings. The summed E-state index contributed by atoms with van der Waals surface area (Å²) in [4.78, 5) is 1.93. The van der Waals surface area contributed by atoms with Gasteiger partial charge in [-0.25, -0.2) is 0 Å². The second-order valence-electron chi connectivity index (χ2n) is 3.62. The number of hydrogen-bond donors (Lipinski definition) is 2. The van der Waals surface area contributed by atoms with Crippen molar-refractivity contribution in [2.75, 3.05) is 30.4 Å². The van der Waals surface area contributed by atoms with Crippen molar-refractivity contribution in [1.82, 2.24) is 0 Å². The van der Waals surface area contributed by atoms with Gasteiger partial charge in [0, 0.05) is 31.2 Å². The Kier molecular flexibility index (Phi) is 5.24. The van der Waals surface area contributed by atoms with Gasteiger partial charge in [-0.1, -0.05) is 0 Å². The molecule has 0 saturated carbocycles. The molecule has 2 N–H and O–H groups in total. The third-order valence-corrected chi connectivity index (χ3v) is 2.37. The van der Waals surface area contributed by atoms with Gasteiger partial charge in [0.15, 0.2) is 0 Å². The van der Waals surface area contributed by atoms with Gasteiger partial charge in [-0.15, -0.1) is 0 Å². The normalized spacial score (nSPS) is 8.89. The lowest BCUT2D eigenvalue weighted by molar-refractivity contribution is 0.304. The van der Waals surface area contributed by atoms with Crippen LogP contribution < -0.4 is 10.2 Å². The first kappa shape index (κ1) is 13.6. The molecule has 5 heteroatoms. The van der Waals surface area contributed by atoms with E-state index in [0.717, 1.165) is 11.4 Å². The maximum Gasteiger partial charge on any atom is 0.145 e. The molecule has 18 heavy (non-hydrogen) atoms. The molecule has 1 aromatic rings. The van der Waals surface area contributed by atoms with E-state index >= 15 is 0 Å². The first-order valence-corrected chi connectivity index (χ1v) is 5.40. The van der Waals surface area contributed by atoms with Crippen molar-refractivity contribution in [3.05, 3.63) is 36.0 Å². The lowest BCUT2D eigenvalue weighted by Crippen LogP contribution is -2.20. The van der Waals surface area contributed by atoms with Crippen LogP contribution in [0.1, 0.15) is 0 Å². The number of nitrogens with zero attached hydrogens (tertiary/aromatic N) is 3. The molecule has 0 bridgehead atoms. The molecule has 1 aromatic carbocycles. The molecule has 1 rings (SSSR count). The van der Waals surface area contributed by atoms with Gasteiger partial charge in [0.2, 0.25) is 0 Å². The van der Waals surface area contributed by atoms with Crippen molar-refractivity contribution in [2.24, 2.45) is 0 Å². The minimum Gasteiger partial charge on any atom is -0.395 e. The van der Waals surface area contributed by atoms with E-state index in [1.807, 2.05) is 36.2 Å². The summed E-state index contributed by atoms with van der Waals surface area (Å²) < 4.78 is 0. The highest BCUT2D eigenvalue weighted by molar-refractivity contribution is 5.56. The average Bonchev–Trinajstić information content (AvgIpc) is 2.41. The minimum atomic E-state index is 0.0245. The molecule has 5 nitrogen and oxygen atoms in total. The highest BCUT2D eigenvalue weighted by Gasteiger charge is 1.99. The minimum absolute atomic E-state index is 0.0245. The second kappa shape index (κ2) is 6.95. The van der Waals surface area contributed by atoms with Crippen molar-refractivity contribution in [1.29, 1.82) is 10.5 Å². The summed E-state index contributed by atoms with van der Waals surface area (Å²) in [5.74, 6) is 0. The largest absolute Gasteiger partial charge is 0.395 e. The molecule has 0 atom stereocenters. The Morgan fingerprint density at radius 2 is 1.94 bits per heavy atom. The quantitative estimate of drug-likeness (QED) is 0.764. The highest BCUT2D eigenvalue weighted by Crippen LogP contribution is 2.16. The van der Waals surface area contributed by atoms with Crippen LogP contribution in [0.25, 0.3) is 0 Å². The standard InChI is InChI=1S/C13H14N4O/c1-17(6-7-18)13-4-2-12(3-5-13)16-10-11(8-14)9-15/h2-5,10,16,18H,6-7H2,1H3. The number of nitrogens with one attached hydrogen (secondary N) is 1. The molecule has 0 radical (unpaired) electrons. The Morgan fingerprint density at radius 1 is 1.33 bits per heavy atom. The van der Waals surface area contributed by atoms with E-state index in [-0.39, 0.29) is 12.2 Å². The zero-order valence-electron chi connectivity index (χ0n) is 10.1. The Bertz CT molecular complexity index is 477. The topological polar surface area (TPSA) is 83.1 Å². The van der Waals surface area contributed by atoms with Crippen LogP contribution >= 0.6 is 0 Å². The molecule has 0 aliphatic heterocycles. The molecular formula is C13H14N4O. The molecular weight excluding hydrogens is 228 g/mol. The van der Waals surface area contributed by atoms with Crippen molar-refractivity contribution >= 4 is 11.4 Å². The van der Waals surface area contributed by atoms with E-state index < -0.39 is 0 Å². The fourth-order valence-electron chi connectivity index (χ4n) is 1.34. The molecule has 0 aliphatic rings. The van der Waals surface area contributed by atoms with Gasteiger partial charge in [-0.05, 0) is 24.3 Å². The molecule has 0 saturated heterocycles. The van der Waals surface area contributed by atoms with Gasteiger partial charge in [0.05, 0.1) is 6.61 Å². The van der Waals surface area contributed by atoms with Crippen LogP contribution in [0.4, 0.5) is 11.4 Å². The fourth-order valence-corrected chi connectivity index (χ4v) is 1.34. The zero-order valence-corrected chi connectivity index (χ0v) is 10.1. The van der Waals surface area contributed by atoms with E-state index in [9.17, 15) is 0 Å². The van der Waals surface area contributed by atoms with Gasteiger partial charge < -0.3 is 15.3 Å². The summed E-state index contributed by atoms with van der Waals surface area (Å²) in [5, 5.41) is 28.8. The maximum absolute atomic E-state index is 8.83. The smallest absolute Gasteiger partial charge is 0.145 e. The van der Waals surface area contributed by atoms with Crippen LogP contribution in [0.5, 0.6) is 0 Å². The van der Waals surface area contributed by atoms with E-state index in [2.05, 4.69) is 5.32 Å². The fraction of sp³-hybridized carbons (Fsp3) is 0.231. The number of likely N-dealkylation sites (N-methyl/N-ethyl adjacent to an activating group) is 1. The lowest BCUT2D eigenvalue weighted by atomic mass is 10.2. The third kappa shape index (κ3) is 3.82. The predicted molar refractivity (Wildman–Crippen MR) is 69.7 cm³/mol. The Hall–Kier alpha value is -2.50. The summed E-state index contributed by atoms with van der Waals surface area (Å²) in [6.45, 7) is 0.673. The van der Waals surface area contributed by atoms with Crippen LogP contribution in [0.3, 0.4) is 0 Å². The van der Waals surface area contributed by atoms with Gasteiger partial charge in [-0.3, -0.25) is 0 Å². The number of allylic oxidation sites excluding steroid dienone is 1. The average molecular weight is 242 g/mol. The Balaban J connectivity index is 2.70. The van der Waals surface area contributed by atoms with Crippen LogP contribution in [-0.4, -0.2) is 25.3 Å². The van der Waals surface area contributed by atoms with Gasteiger partial charge in [0.1, 0.15) is 17.7 Å². The summed E-state index contributed by atoms with van der Waals surface area (Å²) in [6, 6.07) is 11.0. The number of hydrogen-bond acceptors (Lipinski definition) is 5. The molecule has 0 aromatic heterocycles. The van der Waals surface area contributed by atoms with Gasteiger partial charge >= 0.3 is 0 Å². The first-order chi connectivity index (χ1) is 8.71. The van der Waals surface area contributed by atoms with Crippen LogP contribution in [0, 0.1) is 22.7 Å². The Labute approximate surface area is 106 Å². The summed E-state index contributed by atoms with van der Waals surface area (Å²) in [5.41, 5.74) is 1.80. The molecule has 0 aliphatic carbocycles. The van der Waals surface area contributed by atoms with E-state index in [0.29, 0.717) is 6.54 Å². The van der Waals surface area contributed by atoms with E-state index in [1.54, 1.807) is 12.1 Å². The highest BCUT2D eigenvalue weighted by atomic mass is 16.3. The summed E-state index contributed by atoms with van der Waals surface area (Å²) >= 11 is 0. The number of aliphatic hydroxyl groups excluding tert-OH is 1. The molecule has 0 heterocycles. The zero-order chi connectivity index (χ0) is 13.4. The number of anilines is 2. The number of aliphatic hydroxyl groups is 1.